The molecule has 1 aromatic heterocycles. The number of hydrogen-bond donors (Lipinski definition) is 0. The van der Waals surface area contributed by atoms with E-state index in [1.165, 1.54) is 6.07 Å². The summed E-state index contributed by atoms with van der Waals surface area (Å²) in [6, 6.07) is 6.60. The minimum Gasteiger partial charge on any atom is -0.372 e. The Labute approximate surface area is 134 Å². The Balaban J connectivity index is 1.58. The van der Waals surface area contributed by atoms with Gasteiger partial charge >= 0.3 is 0 Å². The second kappa shape index (κ2) is 6.91. The highest BCUT2D eigenvalue weighted by Gasteiger charge is 2.25. The van der Waals surface area contributed by atoms with Gasteiger partial charge in [0, 0.05) is 31.9 Å². The van der Waals surface area contributed by atoms with Crippen LogP contribution in [0.4, 0.5) is 4.39 Å². The Bertz CT molecular complexity index is 686. The number of aromatic nitrogens is 2. The number of likely N-dealkylation sites (tertiary alicyclic amines) is 1. The maximum Gasteiger partial charge on any atom is 0.257 e. The van der Waals surface area contributed by atoms with Gasteiger partial charge in [0.15, 0.2) is 0 Å². The molecule has 122 valence electrons. The number of halogens is 1. The van der Waals surface area contributed by atoms with Gasteiger partial charge in [-0.15, -0.1) is 0 Å². The highest BCUT2D eigenvalue weighted by molar-refractivity contribution is 5.93. The molecule has 1 aliphatic heterocycles. The minimum absolute atomic E-state index is 0.0303. The summed E-state index contributed by atoms with van der Waals surface area (Å²) < 4.78 is 21.0. The van der Waals surface area contributed by atoms with Crippen LogP contribution in [0.15, 0.2) is 36.7 Å². The van der Waals surface area contributed by atoms with Gasteiger partial charge in [0.1, 0.15) is 5.82 Å². The molecule has 6 heteroatoms. The smallest absolute Gasteiger partial charge is 0.257 e. The van der Waals surface area contributed by atoms with Crippen LogP contribution in [0.1, 0.15) is 28.8 Å². The van der Waals surface area contributed by atoms with Crippen LogP contribution in [0, 0.1) is 5.82 Å². The third-order valence-electron chi connectivity index (χ3n) is 4.05. The van der Waals surface area contributed by atoms with Gasteiger partial charge in [0.25, 0.3) is 5.91 Å². The van der Waals surface area contributed by atoms with Gasteiger partial charge in [-0.2, -0.15) is 5.10 Å². The number of ether oxygens (including phenoxy) is 1. The first-order valence-electron chi connectivity index (χ1n) is 7.76. The zero-order valence-electron chi connectivity index (χ0n) is 13.1. The van der Waals surface area contributed by atoms with Crippen molar-refractivity contribution in [1.29, 1.82) is 0 Å². The molecule has 1 saturated heterocycles. The average Bonchev–Trinajstić information content (AvgIpc) is 3.00. The summed E-state index contributed by atoms with van der Waals surface area (Å²) in [5, 5.41) is 4.03. The van der Waals surface area contributed by atoms with E-state index >= 15 is 0 Å². The number of nitrogens with zero attached hydrogens (tertiary/aromatic N) is 3. The predicted molar refractivity (Wildman–Crippen MR) is 83.3 cm³/mol. The summed E-state index contributed by atoms with van der Waals surface area (Å²) in [4.78, 5) is 14.2. The van der Waals surface area contributed by atoms with Gasteiger partial charge in [-0.05, 0) is 18.9 Å². The Kier molecular flexibility index (Phi) is 4.71. The molecule has 23 heavy (non-hydrogen) atoms. The maximum atomic E-state index is 13.6. The Hall–Kier alpha value is -2.21. The molecular weight excluding hydrogens is 297 g/mol. The van der Waals surface area contributed by atoms with Crippen molar-refractivity contribution in [2.45, 2.75) is 25.6 Å². The van der Waals surface area contributed by atoms with E-state index in [0.717, 1.165) is 12.8 Å². The molecule has 0 bridgehead atoms. The quantitative estimate of drug-likeness (QED) is 0.870. The molecule has 2 heterocycles. The van der Waals surface area contributed by atoms with E-state index < -0.39 is 0 Å². The van der Waals surface area contributed by atoms with Crippen molar-refractivity contribution in [3.63, 3.8) is 0 Å². The lowest BCUT2D eigenvalue weighted by atomic mass is 10.1. The van der Waals surface area contributed by atoms with Crippen LogP contribution in [0.25, 0.3) is 0 Å². The standard InChI is InChI=1S/C17H20FN3O2/c1-20-10-14(9-19-20)17(22)21-8-4-6-15(11-21)23-12-13-5-2-3-7-16(13)18/h2-3,5,7,9-10,15H,4,6,8,11-12H2,1H3/t15-/m0/s1. The molecule has 2 aromatic rings. The van der Waals surface area contributed by atoms with Crippen molar-refractivity contribution in [3.05, 3.63) is 53.6 Å². The first kappa shape index (κ1) is 15.7. The first-order chi connectivity index (χ1) is 11.1. The summed E-state index contributed by atoms with van der Waals surface area (Å²) in [7, 11) is 1.79. The second-order valence-electron chi connectivity index (χ2n) is 5.82. The molecule has 1 atom stereocenters. The van der Waals surface area contributed by atoms with Crippen molar-refractivity contribution in [2.75, 3.05) is 13.1 Å². The van der Waals surface area contributed by atoms with E-state index in [-0.39, 0.29) is 24.4 Å². The highest BCUT2D eigenvalue weighted by Crippen LogP contribution is 2.18. The van der Waals surface area contributed by atoms with Gasteiger partial charge in [-0.1, -0.05) is 18.2 Å². The van der Waals surface area contributed by atoms with Crippen LogP contribution < -0.4 is 0 Å². The summed E-state index contributed by atoms with van der Waals surface area (Å²) in [5.41, 5.74) is 1.13. The third-order valence-corrected chi connectivity index (χ3v) is 4.05. The Morgan fingerprint density at radius 1 is 1.43 bits per heavy atom. The zero-order valence-corrected chi connectivity index (χ0v) is 13.1. The lowest BCUT2D eigenvalue weighted by Crippen LogP contribution is -2.43. The molecule has 0 spiro atoms. The molecule has 3 rings (SSSR count). The molecule has 1 amide bonds. The van der Waals surface area contributed by atoms with Gasteiger partial charge in [-0.3, -0.25) is 9.48 Å². The number of rotatable bonds is 4. The highest BCUT2D eigenvalue weighted by atomic mass is 19.1. The summed E-state index contributed by atoms with van der Waals surface area (Å²) in [6.07, 6.45) is 4.99. The molecule has 0 aliphatic carbocycles. The van der Waals surface area contributed by atoms with Crippen molar-refractivity contribution in [2.24, 2.45) is 7.05 Å². The van der Waals surface area contributed by atoms with Crippen molar-refractivity contribution in [3.8, 4) is 0 Å². The Morgan fingerprint density at radius 2 is 2.26 bits per heavy atom. The topological polar surface area (TPSA) is 47.4 Å². The van der Waals surface area contributed by atoms with Crippen LogP contribution in [-0.2, 0) is 18.4 Å². The van der Waals surface area contributed by atoms with E-state index in [4.69, 9.17) is 4.74 Å². The fraction of sp³-hybridized carbons (Fsp3) is 0.412. The van der Waals surface area contributed by atoms with Crippen LogP contribution in [0.5, 0.6) is 0 Å². The SMILES string of the molecule is Cn1cc(C(=O)N2CCC[C@H](OCc3ccccc3F)C2)cn1. The third kappa shape index (κ3) is 3.76. The molecule has 0 saturated carbocycles. The number of carbonyl (C=O) groups is 1. The number of amides is 1. The Morgan fingerprint density at radius 3 is 3.00 bits per heavy atom. The van der Waals surface area contributed by atoms with E-state index in [0.29, 0.717) is 24.2 Å². The molecule has 1 aromatic carbocycles. The number of piperidine rings is 1. The number of benzene rings is 1. The molecular formula is C17H20FN3O2. The predicted octanol–water partition coefficient (Wildman–Crippen LogP) is 2.38. The van der Waals surface area contributed by atoms with Gasteiger partial charge in [0.2, 0.25) is 0 Å². The largest absolute Gasteiger partial charge is 0.372 e. The molecule has 0 N–H and O–H groups in total. The van der Waals surface area contributed by atoms with E-state index in [9.17, 15) is 9.18 Å². The number of aryl methyl sites for hydroxylation is 1. The van der Waals surface area contributed by atoms with Crippen LogP contribution in [0.2, 0.25) is 0 Å². The normalized spacial score (nSPS) is 18.2. The van der Waals surface area contributed by atoms with E-state index in [1.54, 1.807) is 47.2 Å². The molecule has 0 unspecified atom stereocenters. The summed E-state index contributed by atoms with van der Waals surface area (Å²) >= 11 is 0. The van der Waals surface area contributed by atoms with Crippen LogP contribution in [-0.4, -0.2) is 39.8 Å². The lowest BCUT2D eigenvalue weighted by molar-refractivity contribution is -0.00762. The number of carbonyl (C=O) groups excluding carboxylic acids is 1. The van der Waals surface area contributed by atoms with Gasteiger partial charge in [0.05, 0.1) is 24.5 Å². The van der Waals surface area contributed by atoms with Crippen molar-refractivity contribution in [1.82, 2.24) is 14.7 Å². The van der Waals surface area contributed by atoms with Crippen LogP contribution >= 0.6 is 0 Å². The lowest BCUT2D eigenvalue weighted by Gasteiger charge is -2.32. The second-order valence-corrected chi connectivity index (χ2v) is 5.82. The number of hydrogen-bond acceptors (Lipinski definition) is 3. The molecule has 1 fully saturated rings. The monoisotopic (exact) mass is 317 g/mol. The summed E-state index contributed by atoms with van der Waals surface area (Å²) in [6.45, 7) is 1.47. The summed E-state index contributed by atoms with van der Waals surface area (Å²) in [5.74, 6) is -0.288. The van der Waals surface area contributed by atoms with Gasteiger partial charge < -0.3 is 9.64 Å². The van der Waals surface area contributed by atoms with E-state index in [2.05, 4.69) is 5.10 Å². The average molecular weight is 317 g/mol. The molecule has 5 nitrogen and oxygen atoms in total. The zero-order chi connectivity index (χ0) is 16.2. The first-order valence-corrected chi connectivity index (χ1v) is 7.76. The maximum absolute atomic E-state index is 13.6. The van der Waals surface area contributed by atoms with E-state index in [1.807, 2.05) is 0 Å². The van der Waals surface area contributed by atoms with Crippen molar-refractivity contribution >= 4 is 5.91 Å². The minimum atomic E-state index is -0.258. The van der Waals surface area contributed by atoms with Gasteiger partial charge in [-0.25, -0.2) is 4.39 Å². The van der Waals surface area contributed by atoms with Crippen molar-refractivity contribution < 1.29 is 13.9 Å². The fourth-order valence-corrected chi connectivity index (χ4v) is 2.80. The van der Waals surface area contributed by atoms with Crippen LogP contribution in [0.3, 0.4) is 0 Å². The molecule has 1 aliphatic rings. The fourth-order valence-electron chi connectivity index (χ4n) is 2.80. The molecule has 0 radical (unpaired) electrons.